The standard InChI is InChI=1S/C11H18N8O4/c1-23-11(22)8(17-10(21)7-16-19-13)4-2-3-5-14-9(20)6-15-18-12/h8H,2-7H2,1H3,(H,14,20)(H,17,21)/t8-/m0/s1. The van der Waals surface area contributed by atoms with E-state index in [1.165, 1.54) is 7.11 Å². The van der Waals surface area contributed by atoms with Gasteiger partial charge in [-0.1, -0.05) is 10.2 Å². The highest BCUT2D eigenvalue weighted by Gasteiger charge is 2.20. The Morgan fingerprint density at radius 3 is 2.26 bits per heavy atom. The first-order valence-corrected chi connectivity index (χ1v) is 6.70. The van der Waals surface area contributed by atoms with E-state index < -0.39 is 30.4 Å². The molecular weight excluding hydrogens is 308 g/mol. The van der Waals surface area contributed by atoms with Gasteiger partial charge in [-0.15, -0.1) is 0 Å². The van der Waals surface area contributed by atoms with Crippen molar-refractivity contribution in [2.45, 2.75) is 25.3 Å². The van der Waals surface area contributed by atoms with E-state index in [4.69, 9.17) is 11.1 Å². The van der Waals surface area contributed by atoms with Gasteiger partial charge in [-0.25, -0.2) is 4.79 Å². The Bertz CT molecular complexity index is 510. The second-order valence-electron chi connectivity index (χ2n) is 4.27. The van der Waals surface area contributed by atoms with Gasteiger partial charge in [-0.3, -0.25) is 9.59 Å². The Morgan fingerprint density at radius 1 is 1.09 bits per heavy atom. The third kappa shape index (κ3) is 10.4. The van der Waals surface area contributed by atoms with Crippen LogP contribution in [-0.2, 0) is 19.1 Å². The van der Waals surface area contributed by atoms with Crippen LogP contribution in [0.15, 0.2) is 10.2 Å². The molecule has 1 atom stereocenters. The largest absolute Gasteiger partial charge is 0.467 e. The van der Waals surface area contributed by atoms with Crippen LogP contribution in [0.4, 0.5) is 0 Å². The van der Waals surface area contributed by atoms with Crippen LogP contribution in [0, 0.1) is 0 Å². The first-order valence-electron chi connectivity index (χ1n) is 6.70. The zero-order valence-electron chi connectivity index (χ0n) is 12.6. The molecule has 0 aliphatic carbocycles. The highest BCUT2D eigenvalue weighted by Crippen LogP contribution is 2.03. The van der Waals surface area contributed by atoms with Gasteiger partial charge in [0.05, 0.1) is 7.11 Å². The second kappa shape index (κ2) is 12.7. The molecule has 0 unspecified atom stereocenters. The molecule has 0 heterocycles. The van der Waals surface area contributed by atoms with E-state index in [0.717, 1.165) is 0 Å². The fourth-order valence-corrected chi connectivity index (χ4v) is 1.58. The lowest BCUT2D eigenvalue weighted by molar-refractivity contribution is -0.145. The molecule has 0 rings (SSSR count). The Kier molecular flexibility index (Phi) is 11.1. The van der Waals surface area contributed by atoms with Crippen molar-refractivity contribution in [2.75, 3.05) is 26.7 Å². The van der Waals surface area contributed by atoms with E-state index in [9.17, 15) is 14.4 Å². The van der Waals surface area contributed by atoms with Gasteiger partial charge in [0.25, 0.3) is 0 Å². The highest BCUT2D eigenvalue weighted by molar-refractivity contribution is 5.85. The van der Waals surface area contributed by atoms with E-state index >= 15 is 0 Å². The van der Waals surface area contributed by atoms with Gasteiger partial charge in [-0.05, 0) is 30.3 Å². The summed E-state index contributed by atoms with van der Waals surface area (Å²) in [6.45, 7) is -0.323. The number of esters is 1. The summed E-state index contributed by atoms with van der Waals surface area (Å²) in [5.74, 6) is -1.58. The minimum atomic E-state index is -0.847. The summed E-state index contributed by atoms with van der Waals surface area (Å²) in [7, 11) is 1.20. The predicted octanol–water partition coefficient (Wildman–Crippen LogP) is 0.551. The third-order valence-corrected chi connectivity index (χ3v) is 2.62. The molecule has 12 nitrogen and oxygen atoms in total. The second-order valence-corrected chi connectivity index (χ2v) is 4.27. The minimum Gasteiger partial charge on any atom is -0.467 e. The number of unbranched alkanes of at least 4 members (excludes halogenated alkanes) is 1. The van der Waals surface area contributed by atoms with Crippen LogP contribution in [0.2, 0.25) is 0 Å². The minimum absolute atomic E-state index is 0.267. The molecule has 2 amide bonds. The molecule has 2 N–H and O–H groups in total. The lowest BCUT2D eigenvalue weighted by atomic mass is 10.1. The highest BCUT2D eigenvalue weighted by atomic mass is 16.5. The Labute approximate surface area is 131 Å². The summed E-state index contributed by atoms with van der Waals surface area (Å²) in [4.78, 5) is 39.1. The summed E-state index contributed by atoms with van der Waals surface area (Å²) in [6, 6.07) is -0.847. The maximum absolute atomic E-state index is 11.6. The van der Waals surface area contributed by atoms with Crippen molar-refractivity contribution in [1.82, 2.24) is 10.6 Å². The topological polar surface area (TPSA) is 182 Å². The predicted molar refractivity (Wildman–Crippen MR) is 78.8 cm³/mol. The molecule has 0 fully saturated rings. The average Bonchev–Trinajstić information content (AvgIpc) is 2.55. The van der Waals surface area contributed by atoms with Gasteiger partial charge >= 0.3 is 5.97 Å². The van der Waals surface area contributed by atoms with E-state index in [-0.39, 0.29) is 6.54 Å². The summed E-state index contributed by atoms with van der Waals surface area (Å²) >= 11 is 0. The molecule has 126 valence electrons. The Morgan fingerprint density at radius 2 is 1.70 bits per heavy atom. The number of rotatable bonds is 11. The van der Waals surface area contributed by atoms with Crippen LogP contribution in [0.5, 0.6) is 0 Å². The summed E-state index contributed by atoms with van der Waals surface area (Å²) in [6.07, 6.45) is 1.39. The number of nitrogens with one attached hydrogen (secondary N) is 2. The Hall–Kier alpha value is -2.97. The molecule has 0 aromatic heterocycles. The van der Waals surface area contributed by atoms with Crippen molar-refractivity contribution >= 4 is 17.8 Å². The van der Waals surface area contributed by atoms with Crippen molar-refractivity contribution in [3.63, 3.8) is 0 Å². The SMILES string of the molecule is COC(=O)[C@H](CCCCNC(=O)CN=[N+]=[N-])NC(=O)CN=[N+]=[N-]. The summed E-state index contributed by atoms with van der Waals surface area (Å²) < 4.78 is 4.58. The maximum Gasteiger partial charge on any atom is 0.328 e. The molecule has 0 radical (unpaired) electrons. The normalized spacial score (nSPS) is 10.5. The number of carbonyl (C=O) groups is 3. The molecule has 23 heavy (non-hydrogen) atoms. The van der Waals surface area contributed by atoms with Crippen LogP contribution < -0.4 is 10.6 Å². The zero-order valence-corrected chi connectivity index (χ0v) is 12.6. The van der Waals surface area contributed by atoms with Gasteiger partial charge in [0.1, 0.15) is 19.1 Å². The fourth-order valence-electron chi connectivity index (χ4n) is 1.58. The third-order valence-electron chi connectivity index (χ3n) is 2.62. The molecule has 0 bridgehead atoms. The molecular formula is C11H18N8O4. The van der Waals surface area contributed by atoms with Crippen molar-refractivity contribution in [3.8, 4) is 0 Å². The van der Waals surface area contributed by atoms with Gasteiger partial charge in [-0.2, -0.15) is 0 Å². The molecule has 0 aliphatic rings. The number of ether oxygens (including phenoxy) is 1. The number of hydrogen-bond donors (Lipinski definition) is 2. The van der Waals surface area contributed by atoms with E-state index in [0.29, 0.717) is 25.8 Å². The van der Waals surface area contributed by atoms with Crippen molar-refractivity contribution in [2.24, 2.45) is 10.2 Å². The molecule has 0 saturated carbocycles. The van der Waals surface area contributed by atoms with E-state index in [1.807, 2.05) is 0 Å². The number of amides is 2. The molecule has 0 aromatic rings. The quantitative estimate of drug-likeness (QED) is 0.185. The number of carbonyl (C=O) groups excluding carboxylic acids is 3. The summed E-state index contributed by atoms with van der Waals surface area (Å²) in [5, 5.41) is 11.2. The van der Waals surface area contributed by atoms with E-state index in [1.54, 1.807) is 0 Å². The number of hydrogen-bond acceptors (Lipinski definition) is 6. The van der Waals surface area contributed by atoms with Crippen LogP contribution in [-0.4, -0.2) is 50.6 Å². The maximum atomic E-state index is 11.6. The summed E-state index contributed by atoms with van der Waals surface area (Å²) in [5.41, 5.74) is 16.2. The van der Waals surface area contributed by atoms with Crippen molar-refractivity contribution in [3.05, 3.63) is 20.9 Å². The van der Waals surface area contributed by atoms with Crippen molar-refractivity contribution in [1.29, 1.82) is 0 Å². The fraction of sp³-hybridized carbons (Fsp3) is 0.727. The zero-order chi connectivity index (χ0) is 17.5. The smallest absolute Gasteiger partial charge is 0.328 e. The van der Waals surface area contributed by atoms with Crippen LogP contribution in [0.25, 0.3) is 20.9 Å². The van der Waals surface area contributed by atoms with Gasteiger partial charge in [0, 0.05) is 16.4 Å². The van der Waals surface area contributed by atoms with Gasteiger partial charge in [0.15, 0.2) is 0 Å². The first kappa shape index (κ1) is 20.0. The van der Waals surface area contributed by atoms with Crippen molar-refractivity contribution < 1.29 is 19.1 Å². The number of azide groups is 2. The molecule has 0 spiro atoms. The number of nitrogens with zero attached hydrogens (tertiary/aromatic N) is 6. The number of methoxy groups -OCH3 is 1. The van der Waals surface area contributed by atoms with Crippen LogP contribution in [0.1, 0.15) is 19.3 Å². The van der Waals surface area contributed by atoms with Gasteiger partial charge in [0.2, 0.25) is 11.8 Å². The molecule has 0 saturated heterocycles. The van der Waals surface area contributed by atoms with Crippen LogP contribution in [0.3, 0.4) is 0 Å². The first-order chi connectivity index (χ1) is 11.0. The molecule has 0 aliphatic heterocycles. The average molecular weight is 326 g/mol. The van der Waals surface area contributed by atoms with Crippen LogP contribution >= 0.6 is 0 Å². The van der Waals surface area contributed by atoms with E-state index in [2.05, 4.69) is 35.4 Å². The van der Waals surface area contributed by atoms with Gasteiger partial charge < -0.3 is 15.4 Å². The monoisotopic (exact) mass is 326 g/mol. The lowest BCUT2D eigenvalue weighted by Crippen LogP contribution is -2.42. The molecule has 0 aromatic carbocycles. The Balaban J connectivity index is 4.13. The lowest BCUT2D eigenvalue weighted by Gasteiger charge is -2.15. The molecule has 12 heteroatoms.